The van der Waals surface area contributed by atoms with Crippen molar-refractivity contribution in [2.75, 3.05) is 13.2 Å². The van der Waals surface area contributed by atoms with Gasteiger partial charge < -0.3 is 14.6 Å². The first-order chi connectivity index (χ1) is 7.75. The first-order valence-electron chi connectivity index (χ1n) is 5.15. The fraction of sp³-hybridized carbons (Fsp3) is 0.333. The monoisotopic (exact) mass is 240 g/mol. The van der Waals surface area contributed by atoms with Crippen LogP contribution < -0.4 is 4.74 Å². The van der Waals surface area contributed by atoms with E-state index in [1.54, 1.807) is 24.3 Å². The van der Waals surface area contributed by atoms with Crippen LogP contribution in [0, 0.1) is 0 Å². The lowest BCUT2D eigenvalue weighted by Crippen LogP contribution is -2.20. The second-order valence-corrected chi connectivity index (χ2v) is 3.96. The molecule has 0 bridgehead atoms. The molecular weight excluding hydrogens is 228 g/mol. The Labute approximate surface area is 99.3 Å². The molecule has 0 amide bonds. The maximum absolute atomic E-state index is 9.73. The number of rotatable bonds is 4. The third-order valence-electron chi connectivity index (χ3n) is 2.26. The van der Waals surface area contributed by atoms with E-state index in [1.165, 1.54) is 0 Å². The van der Waals surface area contributed by atoms with Crippen LogP contribution in [0.15, 0.2) is 36.1 Å². The molecule has 0 radical (unpaired) electrons. The number of benzene rings is 1. The zero-order chi connectivity index (χ0) is 11.4. The topological polar surface area (TPSA) is 38.7 Å². The van der Waals surface area contributed by atoms with Gasteiger partial charge in [-0.05, 0) is 24.3 Å². The fourth-order valence-corrected chi connectivity index (χ4v) is 1.66. The molecule has 1 unspecified atom stereocenters. The Morgan fingerprint density at radius 2 is 2.38 bits per heavy atom. The quantitative estimate of drug-likeness (QED) is 0.878. The lowest BCUT2D eigenvalue weighted by Gasteiger charge is -2.13. The van der Waals surface area contributed by atoms with E-state index in [9.17, 15) is 5.11 Å². The Morgan fingerprint density at radius 3 is 3.06 bits per heavy atom. The number of ether oxygens (including phenoxy) is 2. The molecule has 0 saturated heterocycles. The molecule has 86 valence electrons. The van der Waals surface area contributed by atoms with Crippen molar-refractivity contribution in [1.82, 2.24) is 0 Å². The summed E-state index contributed by atoms with van der Waals surface area (Å²) in [6, 6.07) is 7.07. The highest BCUT2D eigenvalue weighted by Crippen LogP contribution is 2.19. The Hall–Kier alpha value is -1.19. The summed E-state index contributed by atoms with van der Waals surface area (Å²) in [5.74, 6) is 1.24. The second-order valence-electron chi connectivity index (χ2n) is 3.53. The molecular formula is C12H13ClO3. The van der Waals surface area contributed by atoms with Gasteiger partial charge in [-0.1, -0.05) is 17.7 Å². The summed E-state index contributed by atoms with van der Waals surface area (Å²) in [7, 11) is 0. The summed E-state index contributed by atoms with van der Waals surface area (Å²) in [5.41, 5.74) is 0. The van der Waals surface area contributed by atoms with Gasteiger partial charge in [0.15, 0.2) is 0 Å². The standard InChI is InChI=1S/C12H13ClO3/c13-9-3-1-4-10(7-9)16-8-11(14)12-5-2-6-15-12/h1,3-5,7,11,14H,2,6,8H2. The average molecular weight is 241 g/mol. The molecule has 0 aliphatic carbocycles. The molecule has 1 aliphatic heterocycles. The van der Waals surface area contributed by atoms with E-state index < -0.39 is 6.10 Å². The van der Waals surface area contributed by atoms with Crippen molar-refractivity contribution in [2.24, 2.45) is 0 Å². The van der Waals surface area contributed by atoms with Gasteiger partial charge in [0.25, 0.3) is 0 Å². The van der Waals surface area contributed by atoms with E-state index in [-0.39, 0.29) is 6.61 Å². The van der Waals surface area contributed by atoms with E-state index in [0.717, 1.165) is 6.42 Å². The predicted molar refractivity (Wildman–Crippen MR) is 61.6 cm³/mol. The molecule has 0 aromatic heterocycles. The van der Waals surface area contributed by atoms with Gasteiger partial charge in [0.2, 0.25) is 0 Å². The summed E-state index contributed by atoms with van der Waals surface area (Å²) in [5, 5.41) is 10.3. The summed E-state index contributed by atoms with van der Waals surface area (Å²) in [4.78, 5) is 0. The molecule has 2 rings (SSSR count). The van der Waals surface area contributed by atoms with Crippen molar-refractivity contribution in [1.29, 1.82) is 0 Å². The molecule has 1 N–H and O–H groups in total. The molecule has 1 aromatic carbocycles. The van der Waals surface area contributed by atoms with Crippen LogP contribution in [0.5, 0.6) is 5.75 Å². The number of hydrogen-bond donors (Lipinski definition) is 1. The minimum absolute atomic E-state index is 0.173. The molecule has 4 heteroatoms. The van der Waals surface area contributed by atoms with Crippen molar-refractivity contribution >= 4 is 11.6 Å². The third kappa shape index (κ3) is 2.90. The van der Waals surface area contributed by atoms with Gasteiger partial charge >= 0.3 is 0 Å². The van der Waals surface area contributed by atoms with Crippen LogP contribution in [0.3, 0.4) is 0 Å². The highest BCUT2D eigenvalue weighted by molar-refractivity contribution is 6.30. The van der Waals surface area contributed by atoms with Crippen molar-refractivity contribution in [3.8, 4) is 5.75 Å². The Kier molecular flexibility index (Phi) is 3.70. The van der Waals surface area contributed by atoms with E-state index >= 15 is 0 Å². The van der Waals surface area contributed by atoms with Crippen LogP contribution >= 0.6 is 11.6 Å². The van der Waals surface area contributed by atoms with Gasteiger partial charge in [0.05, 0.1) is 6.61 Å². The lowest BCUT2D eigenvalue weighted by atomic mass is 10.3. The lowest BCUT2D eigenvalue weighted by molar-refractivity contribution is 0.0776. The van der Waals surface area contributed by atoms with Crippen LogP contribution in [0.25, 0.3) is 0 Å². The van der Waals surface area contributed by atoms with Crippen molar-refractivity contribution < 1.29 is 14.6 Å². The molecule has 0 fully saturated rings. The van der Waals surface area contributed by atoms with Crippen molar-refractivity contribution in [3.05, 3.63) is 41.1 Å². The van der Waals surface area contributed by atoms with E-state index in [4.69, 9.17) is 21.1 Å². The van der Waals surface area contributed by atoms with Crippen LogP contribution in [0.4, 0.5) is 0 Å². The van der Waals surface area contributed by atoms with Crippen LogP contribution in [0.2, 0.25) is 5.02 Å². The SMILES string of the molecule is OC(COc1cccc(Cl)c1)C1=CCCO1. The highest BCUT2D eigenvalue weighted by Gasteiger charge is 2.16. The van der Waals surface area contributed by atoms with Gasteiger partial charge in [0, 0.05) is 11.4 Å². The number of halogens is 1. The molecule has 0 saturated carbocycles. The van der Waals surface area contributed by atoms with Gasteiger partial charge in [-0.15, -0.1) is 0 Å². The first kappa shape index (κ1) is 11.3. The average Bonchev–Trinajstić information content (AvgIpc) is 2.79. The zero-order valence-electron chi connectivity index (χ0n) is 8.73. The van der Waals surface area contributed by atoms with E-state index in [2.05, 4.69) is 0 Å². The van der Waals surface area contributed by atoms with Crippen LogP contribution in [-0.2, 0) is 4.74 Å². The Morgan fingerprint density at radius 1 is 1.50 bits per heavy atom. The van der Waals surface area contributed by atoms with Crippen LogP contribution in [-0.4, -0.2) is 24.4 Å². The summed E-state index contributed by atoms with van der Waals surface area (Å²) < 4.78 is 10.6. The molecule has 3 nitrogen and oxygen atoms in total. The first-order valence-corrected chi connectivity index (χ1v) is 5.53. The van der Waals surface area contributed by atoms with Crippen molar-refractivity contribution in [2.45, 2.75) is 12.5 Å². The minimum atomic E-state index is -0.707. The van der Waals surface area contributed by atoms with Gasteiger partial charge in [0.1, 0.15) is 24.2 Å². The van der Waals surface area contributed by atoms with Gasteiger partial charge in [-0.2, -0.15) is 0 Å². The molecule has 16 heavy (non-hydrogen) atoms. The number of hydrogen-bond acceptors (Lipinski definition) is 3. The van der Waals surface area contributed by atoms with Gasteiger partial charge in [-0.25, -0.2) is 0 Å². The minimum Gasteiger partial charge on any atom is -0.495 e. The number of aliphatic hydroxyl groups excluding tert-OH is 1. The molecule has 1 atom stereocenters. The second kappa shape index (κ2) is 5.23. The van der Waals surface area contributed by atoms with E-state index in [0.29, 0.717) is 23.1 Å². The molecule has 1 aromatic rings. The van der Waals surface area contributed by atoms with Crippen LogP contribution in [0.1, 0.15) is 6.42 Å². The zero-order valence-corrected chi connectivity index (χ0v) is 9.48. The predicted octanol–water partition coefficient (Wildman–Crippen LogP) is 2.38. The number of aliphatic hydroxyl groups is 1. The maximum atomic E-state index is 9.73. The highest BCUT2D eigenvalue weighted by atomic mass is 35.5. The molecule has 1 heterocycles. The Bertz CT molecular complexity index is 390. The third-order valence-corrected chi connectivity index (χ3v) is 2.50. The van der Waals surface area contributed by atoms with Gasteiger partial charge in [-0.3, -0.25) is 0 Å². The maximum Gasteiger partial charge on any atom is 0.144 e. The normalized spacial score (nSPS) is 16.5. The fourth-order valence-electron chi connectivity index (χ4n) is 1.48. The smallest absolute Gasteiger partial charge is 0.144 e. The largest absolute Gasteiger partial charge is 0.495 e. The summed E-state index contributed by atoms with van der Waals surface area (Å²) >= 11 is 5.81. The summed E-state index contributed by atoms with van der Waals surface area (Å²) in [6.45, 7) is 0.815. The van der Waals surface area contributed by atoms with E-state index in [1.807, 2.05) is 6.08 Å². The van der Waals surface area contributed by atoms with Crippen molar-refractivity contribution in [3.63, 3.8) is 0 Å². The summed E-state index contributed by atoms with van der Waals surface area (Å²) in [6.07, 6.45) is 2.02. The molecule has 0 spiro atoms. The molecule has 1 aliphatic rings. The Balaban J connectivity index is 1.87.